The van der Waals surface area contributed by atoms with Crippen LogP contribution in [0, 0.1) is 6.92 Å². The van der Waals surface area contributed by atoms with Crippen LogP contribution in [-0.2, 0) is 11.3 Å². The fraction of sp³-hybridized carbons (Fsp3) is 0.375. The number of anilines is 2. The third-order valence-corrected chi connectivity index (χ3v) is 6.51. The van der Waals surface area contributed by atoms with Gasteiger partial charge in [-0.2, -0.15) is 0 Å². The molecule has 1 aromatic heterocycles. The van der Waals surface area contributed by atoms with Gasteiger partial charge in [0.15, 0.2) is 5.16 Å². The van der Waals surface area contributed by atoms with Crippen LogP contribution in [0.25, 0.3) is 0 Å². The molecule has 7 heteroatoms. The Morgan fingerprint density at radius 2 is 1.68 bits per heavy atom. The highest BCUT2D eigenvalue weighted by Crippen LogP contribution is 2.23. The van der Waals surface area contributed by atoms with Crippen LogP contribution < -0.4 is 10.2 Å². The number of nitrogens with one attached hydrogen (secondary N) is 1. The van der Waals surface area contributed by atoms with E-state index in [0.29, 0.717) is 12.3 Å². The van der Waals surface area contributed by atoms with Crippen molar-refractivity contribution in [1.29, 1.82) is 0 Å². The number of nitrogens with zero attached hydrogens (tertiary/aromatic N) is 4. The molecule has 2 heterocycles. The Labute approximate surface area is 188 Å². The molecule has 0 bridgehead atoms. The van der Waals surface area contributed by atoms with E-state index in [1.165, 1.54) is 48.7 Å². The third-order valence-electron chi connectivity index (χ3n) is 5.54. The molecule has 1 aliphatic heterocycles. The first kappa shape index (κ1) is 21.4. The van der Waals surface area contributed by atoms with E-state index in [1.54, 1.807) is 0 Å². The summed E-state index contributed by atoms with van der Waals surface area (Å²) in [5.41, 5.74) is 3.24. The lowest BCUT2D eigenvalue weighted by atomic mass is 10.2. The quantitative estimate of drug-likeness (QED) is 0.543. The Kier molecular flexibility index (Phi) is 7.25. The van der Waals surface area contributed by atoms with Gasteiger partial charge in [-0.15, -0.1) is 10.2 Å². The fourth-order valence-electron chi connectivity index (χ4n) is 3.83. The van der Waals surface area contributed by atoms with Crippen molar-refractivity contribution in [2.45, 2.75) is 44.3 Å². The molecule has 162 valence electrons. The van der Waals surface area contributed by atoms with Crippen LogP contribution in [0.5, 0.6) is 0 Å². The average molecular weight is 436 g/mol. The van der Waals surface area contributed by atoms with Gasteiger partial charge in [0.1, 0.15) is 5.82 Å². The van der Waals surface area contributed by atoms with Crippen LogP contribution in [-0.4, -0.2) is 39.5 Å². The van der Waals surface area contributed by atoms with Crippen molar-refractivity contribution < 1.29 is 4.79 Å². The van der Waals surface area contributed by atoms with Gasteiger partial charge in [-0.25, -0.2) is 0 Å². The zero-order chi connectivity index (χ0) is 21.5. The lowest BCUT2D eigenvalue weighted by Crippen LogP contribution is -2.23. The van der Waals surface area contributed by atoms with Gasteiger partial charge in [-0.1, -0.05) is 54.9 Å². The summed E-state index contributed by atoms with van der Waals surface area (Å²) in [7, 11) is 0. The SMILES string of the molecule is Cc1nnc(SCC(=O)Nc2ccc(N3CCCCCC3)cc2)n1Cc1ccccc1. The minimum atomic E-state index is -0.0422. The summed E-state index contributed by atoms with van der Waals surface area (Å²) < 4.78 is 2.04. The van der Waals surface area contributed by atoms with E-state index in [4.69, 9.17) is 0 Å². The topological polar surface area (TPSA) is 63.1 Å². The van der Waals surface area contributed by atoms with Crippen molar-refractivity contribution in [3.8, 4) is 0 Å². The second kappa shape index (κ2) is 10.5. The van der Waals surface area contributed by atoms with Crippen LogP contribution in [0.1, 0.15) is 37.1 Å². The molecule has 0 atom stereocenters. The first-order chi connectivity index (χ1) is 15.2. The van der Waals surface area contributed by atoms with E-state index < -0.39 is 0 Å². The van der Waals surface area contributed by atoms with Crippen LogP contribution in [0.15, 0.2) is 59.8 Å². The number of carbonyl (C=O) groups excluding carboxylic acids is 1. The standard InChI is InChI=1S/C24H29N5OS/c1-19-26-27-24(29(19)17-20-9-5-4-6-10-20)31-18-23(30)25-21-11-13-22(14-12-21)28-15-7-2-3-8-16-28/h4-6,9-14H,2-3,7-8,15-18H2,1H3,(H,25,30). The van der Waals surface area contributed by atoms with Crippen molar-refractivity contribution in [3.63, 3.8) is 0 Å². The maximum Gasteiger partial charge on any atom is 0.234 e. The molecular formula is C24H29N5OS. The number of amides is 1. The predicted octanol–water partition coefficient (Wildman–Crippen LogP) is 4.75. The molecule has 0 spiro atoms. The highest BCUT2D eigenvalue weighted by molar-refractivity contribution is 7.99. The second-order valence-electron chi connectivity index (χ2n) is 7.89. The molecule has 0 saturated carbocycles. The average Bonchev–Trinajstić information content (AvgIpc) is 2.97. The van der Waals surface area contributed by atoms with Gasteiger partial charge in [-0.05, 0) is 49.6 Å². The Hall–Kier alpha value is -2.80. The number of hydrogen-bond acceptors (Lipinski definition) is 5. The Balaban J connectivity index is 1.31. The molecule has 0 unspecified atom stereocenters. The number of rotatable bonds is 7. The van der Waals surface area contributed by atoms with Crippen LogP contribution in [0.3, 0.4) is 0 Å². The smallest absolute Gasteiger partial charge is 0.234 e. The van der Waals surface area contributed by atoms with Gasteiger partial charge in [0.05, 0.1) is 12.3 Å². The molecule has 1 amide bonds. The number of aryl methyl sites for hydroxylation is 1. The number of hydrogen-bond donors (Lipinski definition) is 1. The van der Waals surface area contributed by atoms with E-state index in [-0.39, 0.29) is 5.91 Å². The molecule has 4 rings (SSSR count). The molecule has 1 aliphatic rings. The minimum absolute atomic E-state index is 0.0422. The molecule has 3 aromatic rings. The summed E-state index contributed by atoms with van der Waals surface area (Å²) >= 11 is 1.41. The van der Waals surface area contributed by atoms with Gasteiger partial charge in [0, 0.05) is 24.5 Å². The molecule has 31 heavy (non-hydrogen) atoms. The molecule has 1 saturated heterocycles. The van der Waals surface area contributed by atoms with Crippen molar-refractivity contribution in [1.82, 2.24) is 14.8 Å². The molecule has 1 fully saturated rings. The fourth-order valence-corrected chi connectivity index (χ4v) is 4.61. The second-order valence-corrected chi connectivity index (χ2v) is 8.83. The van der Waals surface area contributed by atoms with E-state index in [2.05, 4.69) is 44.7 Å². The van der Waals surface area contributed by atoms with E-state index in [9.17, 15) is 4.79 Å². The van der Waals surface area contributed by atoms with Gasteiger partial charge in [0.2, 0.25) is 5.91 Å². The van der Waals surface area contributed by atoms with E-state index in [0.717, 1.165) is 29.8 Å². The third kappa shape index (κ3) is 5.88. The van der Waals surface area contributed by atoms with E-state index >= 15 is 0 Å². The lowest BCUT2D eigenvalue weighted by Gasteiger charge is -2.22. The first-order valence-corrected chi connectivity index (χ1v) is 11.9. The summed E-state index contributed by atoms with van der Waals surface area (Å²) in [6, 6.07) is 18.4. The monoisotopic (exact) mass is 435 g/mol. The Morgan fingerprint density at radius 3 is 2.39 bits per heavy atom. The molecule has 1 N–H and O–H groups in total. The van der Waals surface area contributed by atoms with Gasteiger partial charge in [0.25, 0.3) is 0 Å². The highest BCUT2D eigenvalue weighted by atomic mass is 32.2. The van der Waals surface area contributed by atoms with Crippen molar-refractivity contribution >= 4 is 29.0 Å². The minimum Gasteiger partial charge on any atom is -0.372 e. The Morgan fingerprint density at radius 1 is 0.968 bits per heavy atom. The van der Waals surface area contributed by atoms with Gasteiger partial charge < -0.3 is 14.8 Å². The number of benzene rings is 2. The van der Waals surface area contributed by atoms with Crippen LogP contribution in [0.2, 0.25) is 0 Å². The normalized spacial score (nSPS) is 14.3. The van der Waals surface area contributed by atoms with Crippen molar-refractivity contribution in [3.05, 3.63) is 66.0 Å². The molecule has 2 aromatic carbocycles. The van der Waals surface area contributed by atoms with Crippen molar-refractivity contribution in [2.24, 2.45) is 0 Å². The maximum absolute atomic E-state index is 12.5. The predicted molar refractivity (Wildman–Crippen MR) is 127 cm³/mol. The number of carbonyl (C=O) groups is 1. The number of aromatic nitrogens is 3. The lowest BCUT2D eigenvalue weighted by molar-refractivity contribution is -0.113. The molecule has 6 nitrogen and oxygen atoms in total. The molecule has 0 aliphatic carbocycles. The van der Waals surface area contributed by atoms with Crippen molar-refractivity contribution in [2.75, 3.05) is 29.1 Å². The zero-order valence-corrected chi connectivity index (χ0v) is 18.8. The summed E-state index contributed by atoms with van der Waals surface area (Å²) in [6.45, 7) is 4.87. The first-order valence-electron chi connectivity index (χ1n) is 10.9. The molecule has 0 radical (unpaired) electrons. The van der Waals surface area contributed by atoms with Gasteiger partial charge >= 0.3 is 0 Å². The summed E-state index contributed by atoms with van der Waals surface area (Å²) in [5.74, 6) is 1.09. The van der Waals surface area contributed by atoms with Gasteiger partial charge in [-0.3, -0.25) is 4.79 Å². The maximum atomic E-state index is 12.5. The summed E-state index contributed by atoms with van der Waals surface area (Å²) in [4.78, 5) is 14.9. The van der Waals surface area contributed by atoms with Crippen LogP contribution in [0.4, 0.5) is 11.4 Å². The number of thioether (sulfide) groups is 1. The largest absolute Gasteiger partial charge is 0.372 e. The zero-order valence-electron chi connectivity index (χ0n) is 18.0. The van der Waals surface area contributed by atoms with Crippen LogP contribution >= 0.6 is 11.8 Å². The van der Waals surface area contributed by atoms with E-state index in [1.807, 2.05) is 41.8 Å². The highest BCUT2D eigenvalue weighted by Gasteiger charge is 2.13. The summed E-state index contributed by atoms with van der Waals surface area (Å²) in [6.07, 6.45) is 5.15. The molecular weight excluding hydrogens is 406 g/mol. The Bertz CT molecular complexity index is 979. The summed E-state index contributed by atoms with van der Waals surface area (Å²) in [5, 5.41) is 12.2.